The van der Waals surface area contributed by atoms with Gasteiger partial charge in [-0.25, -0.2) is 0 Å². The first-order valence-electron chi connectivity index (χ1n) is 8.71. The van der Waals surface area contributed by atoms with E-state index in [0.29, 0.717) is 12.1 Å². The minimum absolute atomic E-state index is 0.103. The highest BCUT2D eigenvalue weighted by Gasteiger charge is 2.07. The number of carbonyl (C=O) groups is 1. The van der Waals surface area contributed by atoms with Gasteiger partial charge in [-0.05, 0) is 41.0 Å². The molecule has 1 amide bonds. The molecule has 0 bridgehead atoms. The van der Waals surface area contributed by atoms with Gasteiger partial charge in [0.25, 0.3) is 5.91 Å². The lowest BCUT2D eigenvalue weighted by molar-refractivity contribution is 0.0951. The van der Waals surface area contributed by atoms with E-state index in [1.807, 2.05) is 60.7 Å². The summed E-state index contributed by atoms with van der Waals surface area (Å²) in [6, 6.07) is 23.4. The fourth-order valence-electron chi connectivity index (χ4n) is 2.84. The number of benzene rings is 2. The van der Waals surface area contributed by atoms with Gasteiger partial charge in [-0.3, -0.25) is 9.78 Å². The molecule has 4 aromatic rings. The van der Waals surface area contributed by atoms with E-state index in [9.17, 15) is 4.79 Å². The van der Waals surface area contributed by atoms with Crippen molar-refractivity contribution in [2.45, 2.75) is 6.54 Å². The Morgan fingerprint density at radius 3 is 2.30 bits per heavy atom. The van der Waals surface area contributed by atoms with E-state index in [1.54, 1.807) is 18.7 Å². The van der Waals surface area contributed by atoms with Gasteiger partial charge in [0.2, 0.25) is 0 Å². The molecule has 1 N–H and O–H groups in total. The number of hydrogen-bond acceptors (Lipinski definition) is 3. The van der Waals surface area contributed by atoms with Crippen LogP contribution in [-0.4, -0.2) is 10.9 Å². The van der Waals surface area contributed by atoms with E-state index >= 15 is 0 Å². The number of carbonyl (C=O) groups excluding carboxylic acids is 1. The molecule has 0 aliphatic carbocycles. The average molecular weight is 354 g/mol. The fourth-order valence-corrected chi connectivity index (χ4v) is 2.84. The monoisotopic (exact) mass is 354 g/mol. The molecule has 27 heavy (non-hydrogen) atoms. The van der Waals surface area contributed by atoms with Crippen LogP contribution in [0.3, 0.4) is 0 Å². The summed E-state index contributed by atoms with van der Waals surface area (Å²) < 4.78 is 5.07. The van der Waals surface area contributed by atoms with Gasteiger partial charge in [0.05, 0.1) is 18.2 Å². The number of nitrogens with one attached hydrogen (secondary N) is 1. The van der Waals surface area contributed by atoms with Crippen LogP contribution in [0.25, 0.3) is 22.4 Å². The molecule has 4 rings (SSSR count). The van der Waals surface area contributed by atoms with Gasteiger partial charge in [-0.1, -0.05) is 48.5 Å². The normalized spacial score (nSPS) is 10.5. The number of aromatic nitrogens is 1. The summed E-state index contributed by atoms with van der Waals surface area (Å²) in [6.07, 6.45) is 5.04. The molecule has 0 aliphatic heterocycles. The highest BCUT2D eigenvalue weighted by atomic mass is 16.3. The summed E-state index contributed by atoms with van der Waals surface area (Å²) >= 11 is 0. The zero-order valence-electron chi connectivity index (χ0n) is 14.6. The molecule has 4 nitrogen and oxygen atoms in total. The number of nitrogens with zero attached hydrogens (tertiary/aromatic N) is 1. The van der Waals surface area contributed by atoms with Crippen molar-refractivity contribution >= 4 is 5.91 Å². The summed E-state index contributed by atoms with van der Waals surface area (Å²) in [6.45, 7) is 0.429. The highest BCUT2D eigenvalue weighted by molar-refractivity contribution is 5.94. The number of furan rings is 1. The van der Waals surface area contributed by atoms with Gasteiger partial charge in [-0.15, -0.1) is 0 Å². The molecule has 0 fully saturated rings. The van der Waals surface area contributed by atoms with Crippen molar-refractivity contribution < 1.29 is 9.21 Å². The molecule has 2 aromatic heterocycles. The number of rotatable bonds is 5. The van der Waals surface area contributed by atoms with Crippen molar-refractivity contribution in [2.24, 2.45) is 0 Å². The van der Waals surface area contributed by atoms with Crippen molar-refractivity contribution in [3.8, 4) is 22.4 Å². The molecule has 0 spiro atoms. The fraction of sp³-hybridized carbons (Fsp3) is 0.0435. The van der Waals surface area contributed by atoms with E-state index in [4.69, 9.17) is 4.42 Å². The summed E-state index contributed by atoms with van der Waals surface area (Å²) in [5.41, 5.74) is 5.58. The van der Waals surface area contributed by atoms with Gasteiger partial charge < -0.3 is 9.73 Å². The van der Waals surface area contributed by atoms with E-state index in [0.717, 1.165) is 27.9 Å². The van der Waals surface area contributed by atoms with Crippen LogP contribution in [-0.2, 0) is 6.54 Å². The van der Waals surface area contributed by atoms with E-state index in [2.05, 4.69) is 22.4 Å². The average Bonchev–Trinajstić information content (AvgIpc) is 3.28. The molecule has 2 aromatic carbocycles. The van der Waals surface area contributed by atoms with Crippen LogP contribution in [0.2, 0.25) is 0 Å². The third-order valence-corrected chi connectivity index (χ3v) is 4.35. The van der Waals surface area contributed by atoms with E-state index in [-0.39, 0.29) is 5.91 Å². The number of pyridine rings is 1. The summed E-state index contributed by atoms with van der Waals surface area (Å²) in [5, 5.41) is 2.93. The number of hydrogen-bond donors (Lipinski definition) is 1. The lowest BCUT2D eigenvalue weighted by Crippen LogP contribution is -2.22. The molecule has 0 saturated heterocycles. The SMILES string of the molecule is O=C(NCc1ccc(-c2ccoc2)nc1)c1ccc(-c2ccccc2)cc1. The Morgan fingerprint density at radius 1 is 0.852 bits per heavy atom. The van der Waals surface area contributed by atoms with Crippen LogP contribution in [0, 0.1) is 0 Å². The van der Waals surface area contributed by atoms with Gasteiger partial charge in [0.1, 0.15) is 0 Å². The minimum Gasteiger partial charge on any atom is -0.472 e. The predicted octanol–water partition coefficient (Wildman–Crippen LogP) is 4.94. The standard InChI is InChI=1S/C23H18N2O2/c26-23(20-9-7-19(8-10-20)18-4-2-1-3-5-18)25-15-17-6-11-22(24-14-17)21-12-13-27-16-21/h1-14,16H,15H2,(H,25,26). The molecule has 132 valence electrons. The Balaban J connectivity index is 1.38. The van der Waals surface area contributed by atoms with Crippen LogP contribution >= 0.6 is 0 Å². The van der Waals surface area contributed by atoms with Crippen LogP contribution in [0.1, 0.15) is 15.9 Å². The largest absolute Gasteiger partial charge is 0.472 e. The first-order chi connectivity index (χ1) is 13.3. The third kappa shape index (κ3) is 3.96. The molecule has 0 unspecified atom stereocenters. The second-order valence-corrected chi connectivity index (χ2v) is 6.19. The Bertz CT molecular complexity index is 1010. The smallest absolute Gasteiger partial charge is 0.251 e. The maximum absolute atomic E-state index is 12.4. The van der Waals surface area contributed by atoms with Gasteiger partial charge in [0, 0.05) is 23.9 Å². The lowest BCUT2D eigenvalue weighted by atomic mass is 10.0. The maximum Gasteiger partial charge on any atom is 0.251 e. The first kappa shape index (κ1) is 16.8. The van der Waals surface area contributed by atoms with E-state index < -0.39 is 0 Å². The van der Waals surface area contributed by atoms with E-state index in [1.165, 1.54) is 0 Å². The van der Waals surface area contributed by atoms with Crippen LogP contribution in [0.5, 0.6) is 0 Å². The Kier molecular flexibility index (Phi) is 4.79. The zero-order chi connectivity index (χ0) is 18.5. The predicted molar refractivity (Wildman–Crippen MR) is 105 cm³/mol. The maximum atomic E-state index is 12.4. The topological polar surface area (TPSA) is 55.1 Å². The molecule has 0 aliphatic rings. The highest BCUT2D eigenvalue weighted by Crippen LogP contribution is 2.19. The van der Waals surface area contributed by atoms with Crippen LogP contribution < -0.4 is 5.32 Å². The lowest BCUT2D eigenvalue weighted by Gasteiger charge is -2.07. The minimum atomic E-state index is -0.103. The Labute approximate surface area is 157 Å². The van der Waals surface area contributed by atoms with Crippen molar-refractivity contribution in [1.82, 2.24) is 10.3 Å². The molecule has 2 heterocycles. The summed E-state index contributed by atoms with van der Waals surface area (Å²) in [7, 11) is 0. The second kappa shape index (κ2) is 7.70. The van der Waals surface area contributed by atoms with Crippen molar-refractivity contribution in [3.05, 3.63) is 103 Å². The molecular weight excluding hydrogens is 336 g/mol. The van der Waals surface area contributed by atoms with Gasteiger partial charge >= 0.3 is 0 Å². The Morgan fingerprint density at radius 2 is 1.63 bits per heavy atom. The second-order valence-electron chi connectivity index (χ2n) is 6.19. The molecule has 0 radical (unpaired) electrons. The summed E-state index contributed by atoms with van der Waals surface area (Å²) in [4.78, 5) is 16.8. The quantitative estimate of drug-likeness (QED) is 0.552. The molecule has 0 atom stereocenters. The first-order valence-corrected chi connectivity index (χ1v) is 8.71. The van der Waals surface area contributed by atoms with Crippen molar-refractivity contribution in [3.63, 3.8) is 0 Å². The van der Waals surface area contributed by atoms with Crippen molar-refractivity contribution in [2.75, 3.05) is 0 Å². The van der Waals surface area contributed by atoms with Crippen LogP contribution in [0.4, 0.5) is 0 Å². The molecular formula is C23H18N2O2. The van der Waals surface area contributed by atoms with Gasteiger partial charge in [-0.2, -0.15) is 0 Å². The van der Waals surface area contributed by atoms with Crippen LogP contribution in [0.15, 0.2) is 95.9 Å². The number of amides is 1. The van der Waals surface area contributed by atoms with Gasteiger partial charge in [0.15, 0.2) is 0 Å². The van der Waals surface area contributed by atoms with Crippen molar-refractivity contribution in [1.29, 1.82) is 0 Å². The molecule has 4 heteroatoms. The zero-order valence-corrected chi connectivity index (χ0v) is 14.6. The third-order valence-electron chi connectivity index (χ3n) is 4.35. The molecule has 0 saturated carbocycles. The summed E-state index contributed by atoms with van der Waals surface area (Å²) in [5.74, 6) is -0.103. The Hall–Kier alpha value is -3.66.